The first kappa shape index (κ1) is 17.5. The van der Waals surface area contributed by atoms with Crippen LogP contribution in [0.25, 0.3) is 0 Å². The molecule has 0 aliphatic carbocycles. The standard InChI is InChI=1S/C13H16ClF3N2O2S/c1-12(7-18)5-6-19(8-12)22(20,21)11-9(13(15,16)17)3-2-4-10(11)14/h2-4H,5-8,18H2,1H3. The van der Waals surface area contributed by atoms with Crippen LogP contribution in [-0.2, 0) is 16.2 Å². The van der Waals surface area contributed by atoms with E-state index in [1.807, 2.05) is 0 Å². The molecule has 9 heteroatoms. The van der Waals surface area contributed by atoms with E-state index in [9.17, 15) is 21.6 Å². The SMILES string of the molecule is CC1(CN)CCN(S(=O)(=O)c2c(Cl)cccc2C(F)(F)F)C1. The van der Waals surface area contributed by atoms with Crippen LogP contribution >= 0.6 is 11.6 Å². The molecule has 124 valence electrons. The van der Waals surface area contributed by atoms with Crippen molar-refractivity contribution in [2.24, 2.45) is 11.1 Å². The van der Waals surface area contributed by atoms with Crippen molar-refractivity contribution in [3.63, 3.8) is 0 Å². The van der Waals surface area contributed by atoms with Gasteiger partial charge < -0.3 is 5.73 Å². The van der Waals surface area contributed by atoms with Gasteiger partial charge in [-0.25, -0.2) is 8.42 Å². The number of alkyl halides is 3. The van der Waals surface area contributed by atoms with E-state index in [1.54, 1.807) is 6.92 Å². The molecule has 0 bridgehead atoms. The molecule has 0 amide bonds. The van der Waals surface area contributed by atoms with Crippen LogP contribution in [0.1, 0.15) is 18.9 Å². The minimum Gasteiger partial charge on any atom is -0.330 e. The van der Waals surface area contributed by atoms with Gasteiger partial charge in [0.15, 0.2) is 0 Å². The smallest absolute Gasteiger partial charge is 0.330 e. The highest BCUT2D eigenvalue weighted by Crippen LogP contribution is 2.41. The predicted molar refractivity (Wildman–Crippen MR) is 77.0 cm³/mol. The van der Waals surface area contributed by atoms with Crippen LogP contribution in [0.15, 0.2) is 23.1 Å². The van der Waals surface area contributed by atoms with Gasteiger partial charge in [-0.1, -0.05) is 24.6 Å². The van der Waals surface area contributed by atoms with E-state index in [0.29, 0.717) is 6.42 Å². The molecular weight excluding hydrogens is 341 g/mol. The highest BCUT2D eigenvalue weighted by atomic mass is 35.5. The Morgan fingerprint density at radius 1 is 1.41 bits per heavy atom. The lowest BCUT2D eigenvalue weighted by molar-refractivity contribution is -0.139. The fourth-order valence-electron chi connectivity index (χ4n) is 2.47. The maximum absolute atomic E-state index is 13.1. The topological polar surface area (TPSA) is 63.4 Å². The van der Waals surface area contributed by atoms with Crippen LogP contribution in [0.4, 0.5) is 13.2 Å². The lowest BCUT2D eigenvalue weighted by Gasteiger charge is -2.24. The van der Waals surface area contributed by atoms with Crippen molar-refractivity contribution in [2.75, 3.05) is 19.6 Å². The van der Waals surface area contributed by atoms with Crippen LogP contribution < -0.4 is 5.73 Å². The van der Waals surface area contributed by atoms with Gasteiger partial charge in [-0.2, -0.15) is 17.5 Å². The molecule has 2 N–H and O–H groups in total. The number of sulfonamides is 1. The summed E-state index contributed by atoms with van der Waals surface area (Å²) in [6.07, 6.45) is -4.31. The summed E-state index contributed by atoms with van der Waals surface area (Å²) in [5.74, 6) is 0. The molecule has 0 saturated carbocycles. The van der Waals surface area contributed by atoms with Crippen molar-refractivity contribution in [1.29, 1.82) is 0 Å². The van der Waals surface area contributed by atoms with Gasteiger partial charge in [-0.3, -0.25) is 0 Å². The molecule has 1 heterocycles. The summed E-state index contributed by atoms with van der Waals surface area (Å²) in [6, 6.07) is 2.94. The number of benzene rings is 1. The van der Waals surface area contributed by atoms with E-state index in [2.05, 4.69) is 0 Å². The first-order valence-electron chi connectivity index (χ1n) is 6.57. The quantitative estimate of drug-likeness (QED) is 0.905. The normalized spacial score (nSPS) is 23.9. The third-order valence-electron chi connectivity index (χ3n) is 3.89. The highest BCUT2D eigenvalue weighted by molar-refractivity contribution is 7.89. The molecule has 1 aromatic carbocycles. The molecule has 4 nitrogen and oxygen atoms in total. The van der Waals surface area contributed by atoms with Gasteiger partial charge in [0.2, 0.25) is 10.0 Å². The summed E-state index contributed by atoms with van der Waals surface area (Å²) in [6.45, 7) is 2.26. The Balaban J connectivity index is 2.52. The second-order valence-corrected chi connectivity index (χ2v) is 8.00. The van der Waals surface area contributed by atoms with Gasteiger partial charge >= 0.3 is 6.18 Å². The first-order chi connectivity index (χ1) is 10.0. The average molecular weight is 357 g/mol. The van der Waals surface area contributed by atoms with E-state index in [1.165, 1.54) is 0 Å². The largest absolute Gasteiger partial charge is 0.417 e. The Labute approximate surface area is 132 Å². The summed E-state index contributed by atoms with van der Waals surface area (Å²) in [5, 5.41) is -0.434. The highest BCUT2D eigenvalue weighted by Gasteiger charge is 2.44. The molecule has 1 aromatic rings. The van der Waals surface area contributed by atoms with Crippen LogP contribution in [0.2, 0.25) is 5.02 Å². The Kier molecular flexibility index (Phi) is 4.51. The molecule has 1 saturated heterocycles. The maximum atomic E-state index is 13.1. The average Bonchev–Trinajstić information content (AvgIpc) is 2.81. The number of rotatable bonds is 3. The third-order valence-corrected chi connectivity index (χ3v) is 6.26. The van der Waals surface area contributed by atoms with Gasteiger partial charge in [-0.05, 0) is 30.5 Å². The van der Waals surface area contributed by atoms with Crippen molar-refractivity contribution < 1.29 is 21.6 Å². The molecule has 1 aliphatic rings. The number of hydrogen-bond acceptors (Lipinski definition) is 3. The van der Waals surface area contributed by atoms with E-state index in [4.69, 9.17) is 17.3 Å². The Bertz CT molecular complexity index is 678. The monoisotopic (exact) mass is 356 g/mol. The van der Waals surface area contributed by atoms with Crippen LogP contribution in [0.5, 0.6) is 0 Å². The van der Waals surface area contributed by atoms with Gasteiger partial charge in [0.1, 0.15) is 4.90 Å². The van der Waals surface area contributed by atoms with E-state index in [0.717, 1.165) is 22.5 Å². The van der Waals surface area contributed by atoms with E-state index in [-0.39, 0.29) is 19.6 Å². The third kappa shape index (κ3) is 3.10. The zero-order valence-corrected chi connectivity index (χ0v) is 13.4. The number of hydrogen-bond donors (Lipinski definition) is 1. The number of halogens is 4. The van der Waals surface area contributed by atoms with Gasteiger partial charge in [0.05, 0.1) is 10.6 Å². The summed E-state index contributed by atoms with van der Waals surface area (Å²) < 4.78 is 65.6. The fraction of sp³-hybridized carbons (Fsp3) is 0.538. The van der Waals surface area contributed by atoms with Crippen LogP contribution in [0.3, 0.4) is 0 Å². The molecule has 1 aliphatic heterocycles. The van der Waals surface area contributed by atoms with Crippen molar-refractivity contribution in [3.05, 3.63) is 28.8 Å². The van der Waals surface area contributed by atoms with Crippen LogP contribution in [-0.4, -0.2) is 32.4 Å². The van der Waals surface area contributed by atoms with Gasteiger partial charge in [0, 0.05) is 13.1 Å². The molecule has 0 aromatic heterocycles. The van der Waals surface area contributed by atoms with Crippen molar-refractivity contribution in [1.82, 2.24) is 4.31 Å². The maximum Gasteiger partial charge on any atom is 0.417 e. The van der Waals surface area contributed by atoms with E-state index < -0.39 is 37.1 Å². The molecular formula is C13H16ClF3N2O2S. The molecule has 1 unspecified atom stereocenters. The number of nitrogens with two attached hydrogens (primary N) is 1. The molecule has 1 fully saturated rings. The van der Waals surface area contributed by atoms with Gasteiger partial charge in [0.25, 0.3) is 0 Å². The van der Waals surface area contributed by atoms with Crippen LogP contribution in [0, 0.1) is 5.41 Å². The lowest BCUT2D eigenvalue weighted by Crippen LogP contribution is -2.35. The van der Waals surface area contributed by atoms with Crippen molar-refractivity contribution in [2.45, 2.75) is 24.4 Å². The second kappa shape index (κ2) is 5.67. The minimum atomic E-state index is -4.80. The zero-order chi connectivity index (χ0) is 16.8. The zero-order valence-electron chi connectivity index (χ0n) is 11.8. The van der Waals surface area contributed by atoms with E-state index >= 15 is 0 Å². The van der Waals surface area contributed by atoms with Crippen molar-refractivity contribution in [3.8, 4) is 0 Å². The number of nitrogens with zero attached hydrogens (tertiary/aromatic N) is 1. The Morgan fingerprint density at radius 2 is 2.05 bits per heavy atom. The first-order valence-corrected chi connectivity index (χ1v) is 8.39. The summed E-state index contributed by atoms with van der Waals surface area (Å²) in [7, 11) is -4.34. The predicted octanol–water partition coefficient (Wildman–Crippen LogP) is 2.72. The minimum absolute atomic E-state index is 0.0777. The summed E-state index contributed by atoms with van der Waals surface area (Å²) in [4.78, 5) is -0.884. The lowest BCUT2D eigenvalue weighted by atomic mass is 9.90. The summed E-state index contributed by atoms with van der Waals surface area (Å²) in [5.41, 5.74) is 3.93. The molecule has 2 rings (SSSR count). The molecule has 22 heavy (non-hydrogen) atoms. The second-order valence-electron chi connectivity index (χ2n) is 5.72. The van der Waals surface area contributed by atoms with Crippen molar-refractivity contribution >= 4 is 21.6 Å². The summed E-state index contributed by atoms with van der Waals surface area (Å²) >= 11 is 5.77. The Hall–Kier alpha value is -0.830. The Morgan fingerprint density at radius 3 is 2.55 bits per heavy atom. The molecule has 0 spiro atoms. The molecule has 0 radical (unpaired) electrons. The fourth-order valence-corrected chi connectivity index (χ4v) is 4.79. The molecule has 1 atom stereocenters. The van der Waals surface area contributed by atoms with Gasteiger partial charge in [-0.15, -0.1) is 0 Å².